The summed E-state index contributed by atoms with van der Waals surface area (Å²) in [4.78, 5) is 4.48. The minimum absolute atomic E-state index is 0.00769. The van der Waals surface area contributed by atoms with Crippen molar-refractivity contribution < 1.29 is 9.50 Å². The summed E-state index contributed by atoms with van der Waals surface area (Å²) in [5.74, 6) is 0.397. The summed E-state index contributed by atoms with van der Waals surface area (Å²) < 4.78 is 15.4. The van der Waals surface area contributed by atoms with Crippen molar-refractivity contribution in [1.82, 2.24) is 14.6 Å². The fourth-order valence-electron chi connectivity index (χ4n) is 2.39. The Balaban J connectivity index is 1.66. The number of hydrogen-bond acceptors (Lipinski definition) is 4. The summed E-state index contributed by atoms with van der Waals surface area (Å²) >= 11 is 3.40. The minimum atomic E-state index is -0.663. The number of halogens is 2. The SMILES string of the molecule is CC(CC(O)c1ccc(F)cc1)Nc1ccn2ncc(Br)c2n1. The van der Waals surface area contributed by atoms with Gasteiger partial charge in [-0.3, -0.25) is 0 Å². The Labute approximate surface area is 141 Å². The number of aromatic nitrogens is 3. The standard InChI is InChI=1S/C16H16BrFN4O/c1-10(8-14(23)11-2-4-12(18)5-3-11)20-15-6-7-22-16(21-15)13(17)9-19-22/h2-7,9-10,14,23H,8H2,1H3,(H,20,21). The molecule has 120 valence electrons. The maximum atomic E-state index is 12.9. The second-order valence-corrected chi connectivity index (χ2v) is 6.28. The van der Waals surface area contributed by atoms with Crippen molar-refractivity contribution in [2.45, 2.75) is 25.5 Å². The van der Waals surface area contributed by atoms with E-state index in [9.17, 15) is 9.50 Å². The smallest absolute Gasteiger partial charge is 0.171 e. The van der Waals surface area contributed by atoms with E-state index in [-0.39, 0.29) is 11.9 Å². The highest BCUT2D eigenvalue weighted by atomic mass is 79.9. The highest BCUT2D eigenvalue weighted by Crippen LogP contribution is 2.21. The largest absolute Gasteiger partial charge is 0.388 e. The Morgan fingerprint density at radius 3 is 2.78 bits per heavy atom. The number of nitrogens with one attached hydrogen (secondary N) is 1. The van der Waals surface area contributed by atoms with E-state index in [4.69, 9.17) is 0 Å². The van der Waals surface area contributed by atoms with Gasteiger partial charge in [-0.25, -0.2) is 13.9 Å². The molecular formula is C16H16BrFN4O. The Morgan fingerprint density at radius 1 is 1.30 bits per heavy atom. The van der Waals surface area contributed by atoms with Crippen molar-refractivity contribution >= 4 is 27.4 Å². The van der Waals surface area contributed by atoms with Crippen molar-refractivity contribution in [2.24, 2.45) is 0 Å². The topological polar surface area (TPSA) is 62.5 Å². The van der Waals surface area contributed by atoms with Crippen molar-refractivity contribution in [2.75, 3.05) is 5.32 Å². The van der Waals surface area contributed by atoms with Gasteiger partial charge < -0.3 is 10.4 Å². The molecule has 2 N–H and O–H groups in total. The molecule has 0 spiro atoms. The molecule has 2 aromatic heterocycles. The van der Waals surface area contributed by atoms with Gasteiger partial charge in [0.1, 0.15) is 11.6 Å². The number of hydrogen-bond donors (Lipinski definition) is 2. The van der Waals surface area contributed by atoms with Crippen LogP contribution in [0, 0.1) is 5.82 Å². The number of aliphatic hydroxyl groups excluding tert-OH is 1. The molecule has 0 saturated heterocycles. The Bertz CT molecular complexity index is 805. The van der Waals surface area contributed by atoms with Gasteiger partial charge in [-0.1, -0.05) is 12.1 Å². The Hall–Kier alpha value is -1.99. The zero-order valence-corrected chi connectivity index (χ0v) is 14.0. The average Bonchev–Trinajstić information content (AvgIpc) is 2.89. The van der Waals surface area contributed by atoms with Crippen LogP contribution in [0.2, 0.25) is 0 Å². The van der Waals surface area contributed by atoms with Gasteiger partial charge in [0.05, 0.1) is 16.8 Å². The van der Waals surface area contributed by atoms with E-state index >= 15 is 0 Å². The van der Waals surface area contributed by atoms with Crippen LogP contribution in [-0.4, -0.2) is 25.7 Å². The van der Waals surface area contributed by atoms with Gasteiger partial charge in [-0.05, 0) is 53.0 Å². The summed E-state index contributed by atoms with van der Waals surface area (Å²) in [5.41, 5.74) is 1.42. The number of rotatable bonds is 5. The predicted molar refractivity (Wildman–Crippen MR) is 89.7 cm³/mol. The Kier molecular flexibility index (Phi) is 4.58. The molecule has 23 heavy (non-hydrogen) atoms. The van der Waals surface area contributed by atoms with Gasteiger partial charge in [0.2, 0.25) is 0 Å². The monoisotopic (exact) mass is 378 g/mol. The normalized spacial score (nSPS) is 13.9. The van der Waals surface area contributed by atoms with Gasteiger partial charge in [-0.15, -0.1) is 0 Å². The van der Waals surface area contributed by atoms with Gasteiger partial charge in [0.15, 0.2) is 5.65 Å². The number of aliphatic hydroxyl groups is 1. The lowest BCUT2D eigenvalue weighted by molar-refractivity contribution is 0.162. The molecule has 0 aliphatic rings. The molecule has 7 heteroatoms. The molecule has 0 bridgehead atoms. The molecule has 3 aromatic rings. The van der Waals surface area contributed by atoms with E-state index in [2.05, 4.69) is 31.3 Å². The fraction of sp³-hybridized carbons (Fsp3) is 0.250. The van der Waals surface area contributed by atoms with Crippen molar-refractivity contribution in [1.29, 1.82) is 0 Å². The van der Waals surface area contributed by atoms with Crippen LogP contribution in [0.15, 0.2) is 47.2 Å². The molecule has 3 rings (SSSR count). The summed E-state index contributed by atoms with van der Waals surface area (Å²) in [6.45, 7) is 1.96. The minimum Gasteiger partial charge on any atom is -0.388 e. The lowest BCUT2D eigenvalue weighted by atomic mass is 10.0. The van der Waals surface area contributed by atoms with Crippen molar-refractivity contribution in [3.8, 4) is 0 Å². The zero-order chi connectivity index (χ0) is 16.4. The summed E-state index contributed by atoms with van der Waals surface area (Å²) in [7, 11) is 0. The predicted octanol–water partition coefficient (Wildman–Crippen LogP) is 3.56. The molecule has 2 atom stereocenters. The van der Waals surface area contributed by atoms with E-state index in [0.717, 1.165) is 10.1 Å². The van der Waals surface area contributed by atoms with E-state index in [1.807, 2.05) is 19.2 Å². The van der Waals surface area contributed by atoms with Crippen LogP contribution in [0.4, 0.5) is 10.2 Å². The molecule has 0 fully saturated rings. The fourth-order valence-corrected chi connectivity index (χ4v) is 2.75. The summed E-state index contributed by atoms with van der Waals surface area (Å²) in [5, 5.41) is 17.6. The first-order chi connectivity index (χ1) is 11.0. The van der Waals surface area contributed by atoms with Crippen molar-refractivity contribution in [3.05, 3.63) is 58.6 Å². The molecule has 2 unspecified atom stereocenters. The highest BCUT2D eigenvalue weighted by molar-refractivity contribution is 9.10. The maximum absolute atomic E-state index is 12.9. The second kappa shape index (κ2) is 6.64. The molecular weight excluding hydrogens is 363 g/mol. The zero-order valence-electron chi connectivity index (χ0n) is 12.4. The van der Waals surface area contributed by atoms with Crippen LogP contribution in [0.5, 0.6) is 0 Å². The first-order valence-corrected chi connectivity index (χ1v) is 8.02. The summed E-state index contributed by atoms with van der Waals surface area (Å²) in [6, 6.07) is 7.72. The molecule has 0 radical (unpaired) electrons. The van der Waals surface area contributed by atoms with Crippen LogP contribution in [-0.2, 0) is 0 Å². The Morgan fingerprint density at radius 2 is 2.04 bits per heavy atom. The van der Waals surface area contributed by atoms with E-state index < -0.39 is 6.10 Å². The van der Waals surface area contributed by atoms with Gasteiger partial charge in [0, 0.05) is 12.2 Å². The van der Waals surface area contributed by atoms with E-state index in [1.54, 1.807) is 22.8 Å². The van der Waals surface area contributed by atoms with Gasteiger partial charge in [0.25, 0.3) is 0 Å². The molecule has 0 aliphatic heterocycles. The summed E-state index contributed by atoms with van der Waals surface area (Å²) in [6.07, 6.45) is 3.33. The molecule has 0 aliphatic carbocycles. The van der Waals surface area contributed by atoms with E-state index in [1.165, 1.54) is 12.1 Å². The third kappa shape index (κ3) is 3.68. The van der Waals surface area contributed by atoms with Crippen LogP contribution < -0.4 is 5.32 Å². The number of fused-ring (bicyclic) bond motifs is 1. The van der Waals surface area contributed by atoms with Gasteiger partial charge >= 0.3 is 0 Å². The maximum Gasteiger partial charge on any atom is 0.171 e. The lowest BCUT2D eigenvalue weighted by Crippen LogP contribution is -2.19. The number of nitrogens with zero attached hydrogens (tertiary/aromatic N) is 3. The third-order valence-corrected chi connectivity index (χ3v) is 4.11. The van der Waals surface area contributed by atoms with Gasteiger partial charge in [-0.2, -0.15) is 5.10 Å². The molecule has 2 heterocycles. The van der Waals surface area contributed by atoms with Crippen molar-refractivity contribution in [3.63, 3.8) is 0 Å². The van der Waals surface area contributed by atoms with E-state index in [0.29, 0.717) is 17.8 Å². The van der Waals surface area contributed by atoms with Crippen LogP contribution in [0.1, 0.15) is 25.0 Å². The number of benzene rings is 1. The molecule has 1 aromatic carbocycles. The quantitative estimate of drug-likeness (QED) is 0.712. The number of anilines is 1. The lowest BCUT2D eigenvalue weighted by Gasteiger charge is -2.18. The van der Waals surface area contributed by atoms with Crippen LogP contribution >= 0.6 is 15.9 Å². The van der Waals surface area contributed by atoms with Crippen LogP contribution in [0.3, 0.4) is 0 Å². The first kappa shape index (κ1) is 15.9. The highest BCUT2D eigenvalue weighted by Gasteiger charge is 2.13. The molecule has 0 saturated carbocycles. The van der Waals surface area contributed by atoms with Crippen LogP contribution in [0.25, 0.3) is 5.65 Å². The average molecular weight is 379 g/mol. The molecule has 5 nitrogen and oxygen atoms in total. The third-order valence-electron chi connectivity index (χ3n) is 3.55. The molecule has 0 amide bonds. The second-order valence-electron chi connectivity index (χ2n) is 5.42. The first-order valence-electron chi connectivity index (χ1n) is 7.23.